The summed E-state index contributed by atoms with van der Waals surface area (Å²) in [5.41, 5.74) is 0.976. The van der Waals surface area contributed by atoms with Crippen molar-refractivity contribution >= 4 is 26.0 Å². The van der Waals surface area contributed by atoms with Crippen molar-refractivity contribution in [3.63, 3.8) is 0 Å². The first-order valence-corrected chi connectivity index (χ1v) is 12.4. The summed E-state index contributed by atoms with van der Waals surface area (Å²) < 4.78 is 48.1. The molecule has 0 radical (unpaired) electrons. The maximum absolute atomic E-state index is 13.3. The van der Waals surface area contributed by atoms with Gasteiger partial charge >= 0.3 is 0 Å². The first kappa shape index (κ1) is 24.1. The van der Waals surface area contributed by atoms with E-state index in [0.717, 1.165) is 10.0 Å². The third-order valence-corrected chi connectivity index (χ3v) is 8.00. The van der Waals surface area contributed by atoms with Crippen LogP contribution in [0.4, 0.5) is 4.39 Å². The summed E-state index contributed by atoms with van der Waals surface area (Å²) in [6.07, 6.45) is -0.289. The van der Waals surface area contributed by atoms with E-state index < -0.39 is 16.1 Å². The van der Waals surface area contributed by atoms with Crippen LogP contribution in [0.25, 0.3) is 0 Å². The number of rotatable bonds is 6. The molecule has 1 heterocycles. The Kier molecular flexibility index (Phi) is 7.75. The molecule has 2 aromatic carbocycles. The number of hydrogen-bond acceptors (Lipinski definition) is 5. The first-order valence-electron chi connectivity index (χ1n) is 10.1. The lowest BCUT2D eigenvalue weighted by Gasteiger charge is -2.37. The van der Waals surface area contributed by atoms with Gasteiger partial charge in [0.2, 0.25) is 10.0 Å². The minimum Gasteiger partial charge on any atom is -0.487 e. The van der Waals surface area contributed by atoms with E-state index in [0.29, 0.717) is 13.1 Å². The molecule has 2 aromatic rings. The molecule has 1 N–H and O–H groups in total. The van der Waals surface area contributed by atoms with Crippen LogP contribution in [-0.4, -0.2) is 61.6 Å². The molecule has 0 saturated heterocycles. The predicted molar refractivity (Wildman–Crippen MR) is 121 cm³/mol. The molecular weight excluding hydrogens is 487 g/mol. The van der Waals surface area contributed by atoms with E-state index in [1.54, 1.807) is 31.2 Å². The fourth-order valence-electron chi connectivity index (χ4n) is 3.69. The largest absolute Gasteiger partial charge is 0.487 e. The zero-order valence-corrected chi connectivity index (χ0v) is 20.2. The van der Waals surface area contributed by atoms with Gasteiger partial charge in [0.25, 0.3) is 0 Å². The summed E-state index contributed by atoms with van der Waals surface area (Å²) in [6, 6.07) is 10.7. The van der Waals surface area contributed by atoms with Gasteiger partial charge in [-0.2, -0.15) is 4.31 Å². The standard InChI is InChI=1S/C22H28BrFN2O4S/c1-15-11-26(16(2)14-27)31(28,29)22-9-6-18(23)10-20(22)30-21(15)13-25(3)12-17-4-7-19(24)8-5-17/h4-10,15-16,21,27H,11-14H2,1-3H3/t15-,16+,21+/m0/s1. The second-order valence-electron chi connectivity index (χ2n) is 8.15. The van der Waals surface area contributed by atoms with Crippen LogP contribution in [0.15, 0.2) is 51.8 Å². The molecule has 3 atom stereocenters. The maximum Gasteiger partial charge on any atom is 0.247 e. The van der Waals surface area contributed by atoms with Crippen molar-refractivity contribution < 1.29 is 22.7 Å². The van der Waals surface area contributed by atoms with Gasteiger partial charge in [-0.15, -0.1) is 0 Å². The SMILES string of the molecule is C[C@H](CO)N1C[C@H](C)[C@@H](CN(C)Cc2ccc(F)cc2)Oc2cc(Br)ccc2S1(=O)=O. The molecule has 0 bridgehead atoms. The fourth-order valence-corrected chi connectivity index (χ4v) is 5.86. The normalized spacial score (nSPS) is 22.3. The Morgan fingerprint density at radius 1 is 1.29 bits per heavy atom. The lowest BCUT2D eigenvalue weighted by atomic mass is 10.0. The lowest BCUT2D eigenvalue weighted by molar-refractivity contribution is 0.0733. The first-order chi connectivity index (χ1) is 14.6. The van der Waals surface area contributed by atoms with Crippen molar-refractivity contribution in [1.29, 1.82) is 0 Å². The van der Waals surface area contributed by atoms with Crippen LogP contribution in [0.5, 0.6) is 5.75 Å². The maximum atomic E-state index is 13.3. The van der Waals surface area contributed by atoms with Crippen molar-refractivity contribution in [1.82, 2.24) is 9.21 Å². The molecule has 1 aliphatic heterocycles. The number of fused-ring (bicyclic) bond motifs is 1. The van der Waals surface area contributed by atoms with E-state index in [1.807, 2.05) is 14.0 Å². The smallest absolute Gasteiger partial charge is 0.247 e. The summed E-state index contributed by atoms with van der Waals surface area (Å²) in [5.74, 6) is -0.118. The Balaban J connectivity index is 1.90. The molecule has 0 aromatic heterocycles. The van der Waals surface area contributed by atoms with Gasteiger partial charge in [0, 0.05) is 36.1 Å². The summed E-state index contributed by atoms with van der Waals surface area (Å²) in [4.78, 5) is 2.16. The number of hydrogen-bond donors (Lipinski definition) is 1. The molecule has 0 spiro atoms. The minimum atomic E-state index is -3.83. The van der Waals surface area contributed by atoms with Crippen molar-refractivity contribution in [2.24, 2.45) is 5.92 Å². The number of ether oxygens (including phenoxy) is 1. The third-order valence-electron chi connectivity index (χ3n) is 5.49. The fraction of sp³-hybridized carbons (Fsp3) is 0.455. The van der Waals surface area contributed by atoms with Crippen molar-refractivity contribution in [2.45, 2.75) is 37.4 Å². The van der Waals surface area contributed by atoms with Gasteiger partial charge in [-0.3, -0.25) is 4.90 Å². The number of sulfonamides is 1. The number of aliphatic hydroxyl groups excluding tert-OH is 1. The van der Waals surface area contributed by atoms with Gasteiger partial charge in [-0.25, -0.2) is 12.8 Å². The Hall–Kier alpha value is -1.52. The van der Waals surface area contributed by atoms with Crippen LogP contribution in [-0.2, 0) is 16.6 Å². The van der Waals surface area contributed by atoms with Gasteiger partial charge in [0.15, 0.2) is 0 Å². The van der Waals surface area contributed by atoms with E-state index in [2.05, 4.69) is 20.8 Å². The molecule has 0 unspecified atom stereocenters. The Bertz CT molecular complexity index is 1000. The molecule has 31 heavy (non-hydrogen) atoms. The van der Waals surface area contributed by atoms with Crippen LogP contribution < -0.4 is 4.74 Å². The van der Waals surface area contributed by atoms with Crippen LogP contribution >= 0.6 is 15.9 Å². The highest BCUT2D eigenvalue weighted by atomic mass is 79.9. The van der Waals surface area contributed by atoms with Crippen molar-refractivity contribution in [2.75, 3.05) is 26.7 Å². The lowest BCUT2D eigenvalue weighted by Crippen LogP contribution is -2.49. The molecular formula is C22H28BrFN2O4S. The molecule has 0 saturated carbocycles. The number of likely N-dealkylation sites (N-methyl/N-ethyl adjacent to an activating group) is 1. The molecule has 1 aliphatic rings. The predicted octanol–water partition coefficient (Wildman–Crippen LogP) is 3.49. The number of aliphatic hydroxyl groups is 1. The number of halogens is 2. The molecule has 0 amide bonds. The zero-order valence-electron chi connectivity index (χ0n) is 17.8. The van der Waals surface area contributed by atoms with Crippen molar-refractivity contribution in [3.8, 4) is 5.75 Å². The van der Waals surface area contributed by atoms with Gasteiger partial charge in [0.05, 0.1) is 6.61 Å². The van der Waals surface area contributed by atoms with E-state index in [4.69, 9.17) is 4.74 Å². The highest BCUT2D eigenvalue weighted by Gasteiger charge is 2.38. The Labute approximate surface area is 191 Å². The summed E-state index contributed by atoms with van der Waals surface area (Å²) in [7, 11) is -1.88. The van der Waals surface area contributed by atoms with E-state index >= 15 is 0 Å². The second kappa shape index (κ2) is 9.95. The Morgan fingerprint density at radius 3 is 2.61 bits per heavy atom. The molecule has 170 valence electrons. The summed E-state index contributed by atoms with van der Waals surface area (Å²) in [6.45, 7) is 4.76. The third kappa shape index (κ3) is 5.64. The summed E-state index contributed by atoms with van der Waals surface area (Å²) >= 11 is 3.40. The quantitative estimate of drug-likeness (QED) is 0.638. The molecule has 3 rings (SSSR count). The van der Waals surface area contributed by atoms with Crippen LogP contribution in [0.1, 0.15) is 19.4 Å². The van der Waals surface area contributed by atoms with Gasteiger partial charge < -0.3 is 9.84 Å². The van der Waals surface area contributed by atoms with Crippen molar-refractivity contribution in [3.05, 3.63) is 58.3 Å². The van der Waals surface area contributed by atoms with Gasteiger partial charge in [-0.05, 0) is 49.9 Å². The van der Waals surface area contributed by atoms with E-state index in [9.17, 15) is 17.9 Å². The number of benzene rings is 2. The molecule has 0 fully saturated rings. The second-order valence-corrected chi connectivity index (χ2v) is 10.9. The average Bonchev–Trinajstić information content (AvgIpc) is 2.71. The zero-order chi connectivity index (χ0) is 22.8. The van der Waals surface area contributed by atoms with E-state index in [1.165, 1.54) is 22.5 Å². The van der Waals surface area contributed by atoms with Crippen LogP contribution in [0.3, 0.4) is 0 Å². The molecule has 9 heteroatoms. The van der Waals surface area contributed by atoms with E-state index in [-0.39, 0.29) is 41.6 Å². The Morgan fingerprint density at radius 2 is 1.97 bits per heavy atom. The summed E-state index contributed by atoms with van der Waals surface area (Å²) in [5, 5.41) is 9.67. The highest BCUT2D eigenvalue weighted by molar-refractivity contribution is 9.10. The van der Waals surface area contributed by atoms with Crippen LogP contribution in [0, 0.1) is 11.7 Å². The minimum absolute atomic E-state index is 0.0917. The monoisotopic (exact) mass is 514 g/mol. The number of nitrogens with zero attached hydrogens (tertiary/aromatic N) is 2. The molecule has 6 nitrogen and oxygen atoms in total. The van der Waals surface area contributed by atoms with Crippen LogP contribution in [0.2, 0.25) is 0 Å². The van der Waals surface area contributed by atoms with Gasteiger partial charge in [0.1, 0.15) is 22.6 Å². The van der Waals surface area contributed by atoms with Gasteiger partial charge in [-0.1, -0.05) is 35.0 Å². The molecule has 0 aliphatic carbocycles. The topological polar surface area (TPSA) is 70.1 Å². The highest BCUT2D eigenvalue weighted by Crippen LogP contribution is 2.35. The average molecular weight is 515 g/mol.